The predicted octanol–water partition coefficient (Wildman–Crippen LogP) is 3.27. The van der Waals surface area contributed by atoms with Crippen LogP contribution in [0.1, 0.15) is 105 Å². The molecule has 0 aromatic heterocycles. The van der Waals surface area contributed by atoms with Gasteiger partial charge in [0, 0.05) is 53.0 Å². The first-order valence-electron chi connectivity index (χ1n) is 24.5. The van der Waals surface area contributed by atoms with Gasteiger partial charge in [0.05, 0.1) is 53.8 Å². The van der Waals surface area contributed by atoms with Crippen molar-refractivity contribution < 1.29 is 51.8 Å². The van der Waals surface area contributed by atoms with E-state index in [-0.39, 0.29) is 54.2 Å². The number of anilines is 1. The predicted molar refractivity (Wildman–Crippen MR) is 260 cm³/mol. The number of carbonyl (C=O) groups excluding carboxylic acids is 5. The molecule has 0 unspecified atom stereocenters. The van der Waals surface area contributed by atoms with Crippen LogP contribution in [0.15, 0.2) is 24.3 Å². The number of rotatable bonds is 25. The monoisotopic (exact) mass is 976 g/mol. The number of carbonyl (C=O) groups is 6. The van der Waals surface area contributed by atoms with Crippen LogP contribution >= 0.6 is 0 Å². The van der Waals surface area contributed by atoms with Gasteiger partial charge in [-0.25, -0.2) is 8.42 Å². The molecular weight excluding hydrogens is 895 g/mol. The van der Waals surface area contributed by atoms with E-state index in [9.17, 15) is 42.3 Å². The average Bonchev–Trinajstić information content (AvgIpc) is 4.05. The Labute approximate surface area is 405 Å². The zero-order valence-electron chi connectivity index (χ0n) is 42.5. The molecule has 19 heteroatoms. The number of likely N-dealkylation sites (N-methyl/N-ethyl adjacent to an activating group) is 2. The molecule has 1 aromatic rings. The van der Waals surface area contributed by atoms with Gasteiger partial charge in [-0.2, -0.15) is 0 Å². The first-order valence-corrected chi connectivity index (χ1v) is 26.0. The number of piperidine rings is 1. The highest BCUT2D eigenvalue weighted by Gasteiger charge is 2.44. The lowest BCUT2D eigenvalue weighted by Crippen LogP contribution is -2.59. The van der Waals surface area contributed by atoms with E-state index in [1.54, 1.807) is 23.8 Å². The lowest BCUT2D eigenvalue weighted by atomic mass is 9.89. The smallest absolute Gasteiger partial charge is 0.306 e. The zero-order chi connectivity index (χ0) is 50.8. The largest absolute Gasteiger partial charge is 0.481 e. The van der Waals surface area contributed by atoms with Crippen LogP contribution in [0.2, 0.25) is 0 Å². The molecule has 1 aromatic carbocycles. The second-order valence-electron chi connectivity index (χ2n) is 20.2. The number of amides is 5. The lowest BCUT2D eigenvalue weighted by molar-refractivity contribution is -0.148. The molecule has 1 saturated carbocycles. The third-order valence-electron chi connectivity index (χ3n) is 14.4. The van der Waals surface area contributed by atoms with Gasteiger partial charge in [-0.15, -0.1) is 0 Å². The van der Waals surface area contributed by atoms with E-state index in [2.05, 4.69) is 20.3 Å². The van der Waals surface area contributed by atoms with Crippen molar-refractivity contribution in [3.8, 4) is 0 Å². The standard InChI is InChI=1S/C49H81N7O11S/c1-13-31(6)43(54(10)48(61)41(29(2)3)51-47(60)42(30(4)5)53(8)9)39(66-11)28-40(57)56-24-14-15-38(56)44(67-12)32(7)45(58)50-37(46(59)52-68(64,65)36-20-21-36)27-33-16-18-35(19-17-33)55-25-22-34(23-26-55)49(62)63/h16-19,29-32,34,36-39,41-44H,13-15,20-28H2,1-12H3,(H,50,58)(H,51,60)(H,52,59)(H,62,63)/t31-,32+,37-,38-,39+,41-,42-,43-,44+/m0/s1. The molecule has 1 aliphatic carbocycles. The summed E-state index contributed by atoms with van der Waals surface area (Å²) >= 11 is 0. The van der Waals surface area contributed by atoms with E-state index < -0.39 is 81.4 Å². The van der Waals surface area contributed by atoms with Gasteiger partial charge >= 0.3 is 5.97 Å². The maximum atomic E-state index is 14.5. The number of carboxylic acid groups (broad SMARTS) is 1. The molecule has 384 valence electrons. The third-order valence-corrected chi connectivity index (χ3v) is 16.2. The number of carboxylic acids is 1. The molecule has 9 atom stereocenters. The number of hydrogen-bond acceptors (Lipinski definition) is 12. The molecule has 2 aliphatic heterocycles. The molecule has 68 heavy (non-hydrogen) atoms. The van der Waals surface area contributed by atoms with Crippen molar-refractivity contribution in [2.24, 2.45) is 29.6 Å². The number of benzene rings is 1. The number of hydrogen-bond donors (Lipinski definition) is 4. The Morgan fingerprint density at radius 1 is 0.809 bits per heavy atom. The Kier molecular flexibility index (Phi) is 20.7. The van der Waals surface area contributed by atoms with Crippen molar-refractivity contribution in [1.29, 1.82) is 0 Å². The lowest BCUT2D eigenvalue weighted by Gasteiger charge is -2.41. The Morgan fingerprint density at radius 2 is 1.43 bits per heavy atom. The number of methoxy groups -OCH3 is 2. The molecule has 0 radical (unpaired) electrons. The van der Waals surface area contributed by atoms with Crippen LogP contribution in [0, 0.1) is 29.6 Å². The maximum absolute atomic E-state index is 14.5. The molecule has 18 nitrogen and oxygen atoms in total. The summed E-state index contributed by atoms with van der Waals surface area (Å²) in [7, 11) is 4.42. The highest BCUT2D eigenvalue weighted by molar-refractivity contribution is 7.90. The van der Waals surface area contributed by atoms with Crippen molar-refractivity contribution >= 4 is 51.2 Å². The average molecular weight is 976 g/mol. The zero-order valence-corrected chi connectivity index (χ0v) is 43.3. The van der Waals surface area contributed by atoms with Crippen LogP contribution < -0.4 is 20.3 Å². The van der Waals surface area contributed by atoms with Gasteiger partial charge in [-0.1, -0.05) is 67.0 Å². The summed E-state index contributed by atoms with van der Waals surface area (Å²) in [6.07, 6.45) is 2.22. The minimum absolute atomic E-state index is 0.00673. The molecule has 5 amide bonds. The van der Waals surface area contributed by atoms with Gasteiger partial charge in [-0.05, 0) is 88.1 Å². The first-order chi connectivity index (χ1) is 32.0. The van der Waals surface area contributed by atoms with Crippen LogP contribution in [0.4, 0.5) is 5.69 Å². The fourth-order valence-electron chi connectivity index (χ4n) is 10.1. The van der Waals surface area contributed by atoms with Crippen LogP contribution in [0.25, 0.3) is 0 Å². The quantitative estimate of drug-likeness (QED) is 0.111. The second-order valence-corrected chi connectivity index (χ2v) is 22.2. The fraction of sp³-hybridized carbons (Fsp3) is 0.755. The van der Waals surface area contributed by atoms with Crippen molar-refractivity contribution in [3.05, 3.63) is 29.8 Å². The van der Waals surface area contributed by atoms with Gasteiger partial charge in [0.15, 0.2) is 0 Å². The highest BCUT2D eigenvalue weighted by atomic mass is 32.2. The van der Waals surface area contributed by atoms with Gasteiger partial charge in [0.1, 0.15) is 12.1 Å². The van der Waals surface area contributed by atoms with Crippen LogP contribution in [-0.2, 0) is 54.7 Å². The van der Waals surface area contributed by atoms with Crippen molar-refractivity contribution in [1.82, 2.24) is 30.1 Å². The molecular formula is C49H81N7O11S. The number of sulfonamides is 1. The van der Waals surface area contributed by atoms with Gasteiger partial charge < -0.3 is 39.9 Å². The second kappa shape index (κ2) is 25.0. The molecule has 3 fully saturated rings. The molecule has 2 heterocycles. The van der Waals surface area contributed by atoms with Crippen LogP contribution in [0.3, 0.4) is 0 Å². The van der Waals surface area contributed by atoms with E-state index in [0.29, 0.717) is 70.1 Å². The summed E-state index contributed by atoms with van der Waals surface area (Å²) in [5.41, 5.74) is 1.56. The SMILES string of the molecule is CC[C@H](C)[C@@H]([C@@H](CC(=O)N1CCC[C@H]1[C@H](OC)[C@@H](C)C(=O)N[C@@H](Cc1ccc(N2CCC(C(=O)O)CC2)cc1)C(=O)NS(=O)(=O)C1CC1)OC)N(C)C(=O)[C@@H](NC(=O)[C@H](C(C)C)N(C)C)C(C)C. The van der Waals surface area contributed by atoms with Crippen molar-refractivity contribution in [2.75, 3.05) is 59.9 Å². The molecule has 0 spiro atoms. The van der Waals surface area contributed by atoms with Crippen molar-refractivity contribution in [2.45, 2.75) is 154 Å². The molecule has 4 N–H and O–H groups in total. The number of ether oxygens (including phenoxy) is 2. The van der Waals surface area contributed by atoms with Crippen LogP contribution in [-0.4, -0.2) is 166 Å². The summed E-state index contributed by atoms with van der Waals surface area (Å²) in [4.78, 5) is 89.0. The number of nitrogens with one attached hydrogen (secondary N) is 3. The number of aliphatic carboxylic acids is 1. The van der Waals surface area contributed by atoms with E-state index in [0.717, 1.165) is 5.69 Å². The summed E-state index contributed by atoms with van der Waals surface area (Å²) in [6.45, 7) is 14.9. The summed E-state index contributed by atoms with van der Waals surface area (Å²) in [5, 5.41) is 14.6. The highest BCUT2D eigenvalue weighted by Crippen LogP contribution is 2.31. The first kappa shape index (κ1) is 56.3. The molecule has 0 bridgehead atoms. The molecule has 2 saturated heterocycles. The number of likely N-dealkylation sites (tertiary alicyclic amines) is 1. The van der Waals surface area contributed by atoms with Gasteiger partial charge in [-0.3, -0.25) is 38.4 Å². The van der Waals surface area contributed by atoms with Gasteiger partial charge in [0.2, 0.25) is 33.7 Å². The summed E-state index contributed by atoms with van der Waals surface area (Å²) in [6, 6.07) is 3.80. The van der Waals surface area contributed by atoms with Crippen molar-refractivity contribution in [3.63, 3.8) is 0 Å². The Bertz CT molecular complexity index is 1980. The number of nitrogens with zero attached hydrogens (tertiary/aromatic N) is 4. The van der Waals surface area contributed by atoms with E-state index in [1.807, 2.05) is 84.8 Å². The van der Waals surface area contributed by atoms with E-state index in [4.69, 9.17) is 9.47 Å². The summed E-state index contributed by atoms with van der Waals surface area (Å²) < 4.78 is 40.1. The third kappa shape index (κ3) is 14.4. The molecule has 4 rings (SSSR count). The maximum Gasteiger partial charge on any atom is 0.306 e. The fourth-order valence-corrected chi connectivity index (χ4v) is 11.4. The Balaban J connectivity index is 1.50. The normalized spacial score (nSPS) is 20.5. The topological polar surface area (TPSA) is 224 Å². The Hall–Kier alpha value is -4.33. The van der Waals surface area contributed by atoms with Crippen LogP contribution in [0.5, 0.6) is 0 Å². The minimum atomic E-state index is -3.94. The minimum Gasteiger partial charge on any atom is -0.481 e. The molecule has 3 aliphatic rings. The van der Waals surface area contributed by atoms with Gasteiger partial charge in [0.25, 0.3) is 5.91 Å². The van der Waals surface area contributed by atoms with E-state index in [1.165, 1.54) is 14.2 Å². The Morgan fingerprint density at radius 3 is 1.93 bits per heavy atom. The van der Waals surface area contributed by atoms with E-state index >= 15 is 0 Å². The summed E-state index contributed by atoms with van der Waals surface area (Å²) in [5.74, 6) is -4.54.